The Balaban J connectivity index is 0.00000336. The Labute approximate surface area is 304 Å². The van der Waals surface area contributed by atoms with E-state index >= 15 is 0 Å². The van der Waals surface area contributed by atoms with Gasteiger partial charge < -0.3 is 0 Å². The Hall–Kier alpha value is -4.79. The van der Waals surface area contributed by atoms with Gasteiger partial charge in [0.1, 0.15) is 0 Å². The molecule has 236 valence electrons. The van der Waals surface area contributed by atoms with Crippen molar-refractivity contribution in [3.05, 3.63) is 171 Å². The minimum absolute atomic E-state index is 0. The van der Waals surface area contributed by atoms with Gasteiger partial charge in [-0.15, -0.1) is 0 Å². The number of rotatable bonds is 6. The van der Waals surface area contributed by atoms with Gasteiger partial charge in [-0.3, -0.25) is 0 Å². The Bertz CT molecular complexity index is 2230. The first-order chi connectivity index (χ1) is 23.3. The zero-order valence-electron chi connectivity index (χ0n) is 25.4. The van der Waals surface area contributed by atoms with Gasteiger partial charge in [-0.2, -0.15) is 0 Å². The van der Waals surface area contributed by atoms with Crippen LogP contribution in [0.5, 0.6) is 11.5 Å². The SMILES string of the molecule is [Pt].[c-]1c(Oc2[c-]c3c(cc2)[Te]c2ccccc2N3c2nccn2-c2ccccc2)cccc1N1[CH-]N(c2ccccc2)c2ccccc21. The van der Waals surface area contributed by atoms with Crippen LogP contribution in [-0.2, 0) is 21.1 Å². The molecule has 0 fully saturated rings. The van der Waals surface area contributed by atoms with E-state index < -0.39 is 20.9 Å². The maximum atomic E-state index is 6.51. The van der Waals surface area contributed by atoms with Gasteiger partial charge in [0.25, 0.3) is 0 Å². The fourth-order valence-electron chi connectivity index (χ4n) is 6.04. The van der Waals surface area contributed by atoms with E-state index in [4.69, 9.17) is 9.72 Å². The summed E-state index contributed by atoms with van der Waals surface area (Å²) in [5.74, 6) is 2.06. The van der Waals surface area contributed by atoms with Gasteiger partial charge in [-0.1, -0.05) is 24.3 Å². The average Bonchev–Trinajstić information content (AvgIpc) is 3.77. The van der Waals surface area contributed by atoms with Crippen molar-refractivity contribution in [1.29, 1.82) is 0 Å². The molecule has 6 aromatic carbocycles. The van der Waals surface area contributed by atoms with Crippen molar-refractivity contribution >= 4 is 68.2 Å². The predicted molar refractivity (Wildman–Crippen MR) is 189 cm³/mol. The zero-order valence-corrected chi connectivity index (χ0v) is 30.0. The second-order valence-electron chi connectivity index (χ2n) is 11.1. The monoisotopic (exact) mass is 917 g/mol. The fraction of sp³-hybridized carbons (Fsp3) is 0. The molecule has 0 aliphatic carbocycles. The van der Waals surface area contributed by atoms with E-state index in [0.29, 0.717) is 11.5 Å². The summed E-state index contributed by atoms with van der Waals surface area (Å²) in [6, 6.07) is 55.1. The normalized spacial score (nSPS) is 13.0. The first-order valence-electron chi connectivity index (χ1n) is 15.3. The van der Waals surface area contributed by atoms with Crippen LogP contribution in [-0.4, -0.2) is 30.5 Å². The van der Waals surface area contributed by atoms with E-state index in [1.807, 2.05) is 54.9 Å². The van der Waals surface area contributed by atoms with Crippen molar-refractivity contribution in [3.8, 4) is 17.2 Å². The molecule has 8 heteroatoms. The second kappa shape index (κ2) is 13.0. The summed E-state index contributed by atoms with van der Waals surface area (Å²) in [6.45, 7) is 2.11. The van der Waals surface area contributed by atoms with E-state index in [2.05, 4.69) is 135 Å². The number of ether oxygens (including phenoxy) is 1. The first-order valence-corrected chi connectivity index (χ1v) is 17.6. The van der Waals surface area contributed by atoms with Gasteiger partial charge in [0.05, 0.1) is 0 Å². The van der Waals surface area contributed by atoms with Crippen molar-refractivity contribution in [2.45, 2.75) is 0 Å². The van der Waals surface area contributed by atoms with Gasteiger partial charge in [-0.25, -0.2) is 0 Å². The number of fused-ring (bicyclic) bond motifs is 3. The van der Waals surface area contributed by atoms with Crippen LogP contribution in [0.1, 0.15) is 0 Å². The molecule has 0 saturated carbocycles. The topological polar surface area (TPSA) is 36.8 Å². The standard InChI is InChI=1S/C40H26N5OTe.Pt/c1-3-12-29(13-4-1)42-25-24-41-40(42)45-36-20-9-10-21-38(36)47-39-23-22-33(27-37(39)45)46-32-17-11-16-31(26-32)44-28-43(30-14-5-2-6-15-30)34-18-7-8-19-35(34)44;/h1-25,28H;/q-3;. The third-order valence-electron chi connectivity index (χ3n) is 8.16. The van der Waals surface area contributed by atoms with Crippen LogP contribution in [0.15, 0.2) is 152 Å². The molecule has 9 rings (SSSR count). The van der Waals surface area contributed by atoms with Crippen LogP contribution in [0.25, 0.3) is 5.69 Å². The second-order valence-corrected chi connectivity index (χ2v) is 14.1. The molecule has 0 N–H and O–H groups in total. The van der Waals surface area contributed by atoms with E-state index in [0.717, 1.165) is 45.8 Å². The number of para-hydroxylation sites is 5. The molecule has 7 aromatic rings. The molecule has 2 aliphatic rings. The first kappa shape index (κ1) is 30.5. The summed E-state index contributed by atoms with van der Waals surface area (Å²) in [5, 5.41) is 0. The van der Waals surface area contributed by atoms with Crippen molar-refractivity contribution in [2.75, 3.05) is 14.7 Å². The molecule has 0 radical (unpaired) electrons. The Morgan fingerprint density at radius 3 is 2.04 bits per heavy atom. The van der Waals surface area contributed by atoms with Crippen molar-refractivity contribution in [3.63, 3.8) is 0 Å². The summed E-state index contributed by atoms with van der Waals surface area (Å²) in [6.07, 6.45) is 3.86. The molecule has 0 atom stereocenters. The Morgan fingerprint density at radius 2 is 1.25 bits per heavy atom. The zero-order chi connectivity index (χ0) is 31.2. The van der Waals surface area contributed by atoms with Crippen LogP contribution < -0.4 is 26.7 Å². The molecular formula is C40H26N5OPtTe-3. The molecule has 1 aromatic heterocycles. The predicted octanol–water partition coefficient (Wildman–Crippen LogP) is 8.11. The number of hydrogen-bond donors (Lipinski definition) is 0. The number of hydrogen-bond acceptors (Lipinski definition) is 5. The molecule has 6 nitrogen and oxygen atoms in total. The molecule has 0 spiro atoms. The Kier molecular flexibility index (Phi) is 8.28. The number of aromatic nitrogens is 2. The molecule has 0 amide bonds. The summed E-state index contributed by atoms with van der Waals surface area (Å²) < 4.78 is 11.3. The quantitative estimate of drug-likeness (QED) is 0.125. The number of nitrogens with zero attached hydrogens (tertiary/aromatic N) is 5. The van der Waals surface area contributed by atoms with Gasteiger partial charge in [0.2, 0.25) is 0 Å². The van der Waals surface area contributed by atoms with Gasteiger partial charge >= 0.3 is 249 Å². The third kappa shape index (κ3) is 5.49. The maximum absolute atomic E-state index is 6.51. The summed E-state index contributed by atoms with van der Waals surface area (Å²) in [5.41, 5.74) is 7.34. The van der Waals surface area contributed by atoms with E-state index in [1.165, 1.54) is 7.22 Å². The molecule has 3 heterocycles. The molecule has 0 saturated heterocycles. The van der Waals surface area contributed by atoms with Crippen molar-refractivity contribution < 1.29 is 25.8 Å². The molecule has 0 bridgehead atoms. The van der Waals surface area contributed by atoms with E-state index in [1.54, 1.807) is 0 Å². The van der Waals surface area contributed by atoms with Crippen LogP contribution in [0.2, 0.25) is 0 Å². The fourth-order valence-corrected chi connectivity index (χ4v) is 8.96. The van der Waals surface area contributed by atoms with Crippen LogP contribution in [0.3, 0.4) is 0 Å². The number of anilines is 7. The van der Waals surface area contributed by atoms with Crippen molar-refractivity contribution in [1.82, 2.24) is 9.55 Å². The number of benzene rings is 6. The third-order valence-corrected chi connectivity index (χ3v) is 11.3. The van der Waals surface area contributed by atoms with Gasteiger partial charge in [-0.05, 0) is 12.1 Å². The van der Waals surface area contributed by atoms with E-state index in [-0.39, 0.29) is 21.1 Å². The molecule has 0 unspecified atom stereocenters. The van der Waals surface area contributed by atoms with Crippen LogP contribution in [0.4, 0.5) is 40.1 Å². The van der Waals surface area contributed by atoms with Crippen molar-refractivity contribution in [2.24, 2.45) is 0 Å². The van der Waals surface area contributed by atoms with Gasteiger partial charge in [0, 0.05) is 21.1 Å². The van der Waals surface area contributed by atoms with E-state index in [9.17, 15) is 0 Å². The Morgan fingerprint density at radius 1 is 0.583 bits per heavy atom. The number of imidazole rings is 1. The van der Waals surface area contributed by atoms with Crippen LogP contribution >= 0.6 is 0 Å². The minimum atomic E-state index is -0.639. The summed E-state index contributed by atoms with van der Waals surface area (Å²) in [4.78, 5) is 11.4. The average molecular weight is 915 g/mol. The van der Waals surface area contributed by atoms with Gasteiger partial charge in [0.15, 0.2) is 0 Å². The molecule has 48 heavy (non-hydrogen) atoms. The molecular weight excluding hydrogens is 889 g/mol. The summed E-state index contributed by atoms with van der Waals surface area (Å²) >= 11 is -0.639. The summed E-state index contributed by atoms with van der Waals surface area (Å²) in [7, 11) is 0. The molecule has 2 aliphatic heterocycles. The van der Waals surface area contributed by atoms with Crippen LogP contribution in [0, 0.1) is 18.8 Å².